The van der Waals surface area contributed by atoms with E-state index >= 15 is 0 Å². The number of hydrogen-bond donors (Lipinski definition) is 3. The third kappa shape index (κ3) is 7.93. The summed E-state index contributed by atoms with van der Waals surface area (Å²) in [6.07, 6.45) is 3.59. The van der Waals surface area contributed by atoms with Crippen LogP contribution >= 0.6 is 0 Å². The van der Waals surface area contributed by atoms with Crippen LogP contribution in [0.3, 0.4) is 0 Å². The van der Waals surface area contributed by atoms with Gasteiger partial charge in [-0.3, -0.25) is 14.8 Å². The summed E-state index contributed by atoms with van der Waals surface area (Å²) in [6.45, 7) is 16.6. The first kappa shape index (κ1) is 33.1. The summed E-state index contributed by atoms with van der Waals surface area (Å²) in [4.78, 5) is 23.9. The van der Waals surface area contributed by atoms with E-state index in [-0.39, 0.29) is 23.2 Å². The predicted octanol–water partition coefficient (Wildman–Crippen LogP) is 7.14. The van der Waals surface area contributed by atoms with E-state index in [0.29, 0.717) is 52.6 Å². The third-order valence-electron chi connectivity index (χ3n) is 8.26. The molecule has 1 saturated heterocycles. The number of benzene rings is 2. The molecule has 5 rings (SSSR count). The van der Waals surface area contributed by atoms with Gasteiger partial charge in [0.1, 0.15) is 18.0 Å². The first-order chi connectivity index (χ1) is 21.8. The van der Waals surface area contributed by atoms with Gasteiger partial charge in [0.15, 0.2) is 17.3 Å². The molecule has 46 heavy (non-hydrogen) atoms. The molecule has 1 aliphatic heterocycles. The standard InChI is InChI=1S/C35H45FN7O3/c1-34(2,3)26-12-14-43(32(26)35(4,5)6)13-9-15-46-29-20-27-25(19-28(29)45-7)33(38-21-37-27)40-30-17-24(41-42-30)18-31(44)39-23-11-8-10-22(36)16-23/h8,10-11,16-17,19-21,26H,9,12-15,18H2,1-7H3,(H,39,44)(H2,37,38,40,41,42). The fourth-order valence-electron chi connectivity index (χ4n) is 6.29. The Kier molecular flexibility index (Phi) is 9.81. The summed E-state index contributed by atoms with van der Waals surface area (Å²) in [5.41, 5.74) is 2.02. The SMILES string of the molecule is COc1cc2c(Nc3cc(CC(=O)Nc4cccc(F)c4)[nH]n3)ncnc2cc1OCCCN1CCC(C(C)(C)C)[C]1C(C)(C)C. The highest BCUT2D eigenvalue weighted by Crippen LogP contribution is 2.50. The number of anilines is 3. The molecule has 1 fully saturated rings. The molecule has 1 amide bonds. The van der Waals surface area contributed by atoms with Crippen LogP contribution in [-0.4, -0.2) is 57.8 Å². The van der Waals surface area contributed by atoms with Crippen LogP contribution in [0.1, 0.15) is 60.1 Å². The molecule has 3 N–H and O–H groups in total. The number of aromatic nitrogens is 4. The molecule has 11 heteroatoms. The first-order valence-electron chi connectivity index (χ1n) is 15.8. The van der Waals surface area contributed by atoms with Gasteiger partial charge in [-0.1, -0.05) is 47.6 Å². The Bertz CT molecular complexity index is 1660. The number of hydrogen-bond acceptors (Lipinski definition) is 8. The molecule has 3 heterocycles. The number of nitrogens with zero attached hydrogens (tertiary/aromatic N) is 4. The Morgan fingerprint density at radius 2 is 1.89 bits per heavy atom. The van der Waals surface area contributed by atoms with Crippen LogP contribution < -0.4 is 20.1 Å². The van der Waals surface area contributed by atoms with Gasteiger partial charge in [-0.15, -0.1) is 0 Å². The maximum absolute atomic E-state index is 13.4. The van der Waals surface area contributed by atoms with Crippen LogP contribution in [0.25, 0.3) is 10.9 Å². The molecule has 10 nitrogen and oxygen atoms in total. The Labute approximate surface area is 270 Å². The lowest BCUT2D eigenvalue weighted by Gasteiger charge is -2.42. The normalized spacial score (nSPS) is 16.1. The smallest absolute Gasteiger partial charge is 0.230 e. The lowest BCUT2D eigenvalue weighted by atomic mass is 9.69. The quantitative estimate of drug-likeness (QED) is 0.150. The molecule has 2 aromatic heterocycles. The molecule has 4 aromatic rings. The van der Waals surface area contributed by atoms with Crippen molar-refractivity contribution < 1.29 is 18.7 Å². The van der Waals surface area contributed by atoms with Crippen LogP contribution in [0.15, 0.2) is 48.8 Å². The lowest BCUT2D eigenvalue weighted by molar-refractivity contribution is -0.115. The second-order valence-corrected chi connectivity index (χ2v) is 13.9. The zero-order chi connectivity index (χ0) is 33.1. The number of H-pyrrole nitrogens is 1. The number of methoxy groups -OCH3 is 1. The molecule has 0 bridgehead atoms. The van der Waals surface area contributed by atoms with Crippen molar-refractivity contribution in [2.45, 2.75) is 60.8 Å². The van der Waals surface area contributed by atoms with E-state index in [1.54, 1.807) is 25.3 Å². The molecule has 1 radical (unpaired) electrons. The predicted molar refractivity (Wildman–Crippen MR) is 179 cm³/mol. The zero-order valence-electron chi connectivity index (χ0n) is 27.8. The highest BCUT2D eigenvalue weighted by molar-refractivity contribution is 5.93. The average Bonchev–Trinajstić information content (AvgIpc) is 3.62. The maximum atomic E-state index is 13.4. The van der Waals surface area contributed by atoms with Crippen molar-refractivity contribution >= 4 is 34.1 Å². The van der Waals surface area contributed by atoms with Crippen molar-refractivity contribution in [1.29, 1.82) is 0 Å². The minimum atomic E-state index is -0.418. The summed E-state index contributed by atoms with van der Waals surface area (Å²) < 4.78 is 25.4. The average molecular weight is 631 g/mol. The van der Waals surface area contributed by atoms with Gasteiger partial charge in [0.05, 0.1) is 25.7 Å². The summed E-state index contributed by atoms with van der Waals surface area (Å²) in [5, 5.41) is 13.8. The Morgan fingerprint density at radius 3 is 2.61 bits per heavy atom. The lowest BCUT2D eigenvalue weighted by Crippen LogP contribution is -2.39. The molecule has 1 unspecified atom stereocenters. The van der Waals surface area contributed by atoms with E-state index < -0.39 is 5.82 Å². The van der Waals surface area contributed by atoms with Crippen molar-refractivity contribution in [1.82, 2.24) is 25.1 Å². The number of ether oxygens (including phenoxy) is 2. The molecular formula is C35H45FN7O3. The first-order valence-corrected chi connectivity index (χ1v) is 15.8. The Balaban J connectivity index is 1.21. The molecule has 1 aliphatic rings. The van der Waals surface area contributed by atoms with Gasteiger partial charge >= 0.3 is 0 Å². The summed E-state index contributed by atoms with van der Waals surface area (Å²) in [6, 6.07) is 12.7. The maximum Gasteiger partial charge on any atom is 0.230 e. The van der Waals surface area contributed by atoms with Gasteiger partial charge in [0.2, 0.25) is 5.91 Å². The van der Waals surface area contributed by atoms with Crippen molar-refractivity contribution in [3.05, 3.63) is 66.3 Å². The second kappa shape index (κ2) is 13.6. The minimum Gasteiger partial charge on any atom is -0.493 e. The minimum absolute atomic E-state index is 0.0364. The zero-order valence-corrected chi connectivity index (χ0v) is 27.8. The van der Waals surface area contributed by atoms with Crippen molar-refractivity contribution in [2.75, 3.05) is 37.4 Å². The van der Waals surface area contributed by atoms with Gasteiger partial charge in [-0.25, -0.2) is 14.4 Å². The van der Waals surface area contributed by atoms with Gasteiger partial charge in [-0.05, 0) is 60.4 Å². The van der Waals surface area contributed by atoms with Gasteiger partial charge < -0.3 is 20.1 Å². The topological polar surface area (TPSA) is 117 Å². The molecule has 0 saturated carbocycles. The van der Waals surface area contributed by atoms with E-state index in [1.807, 2.05) is 12.1 Å². The molecule has 2 aromatic carbocycles. The number of fused-ring (bicyclic) bond motifs is 1. The summed E-state index contributed by atoms with van der Waals surface area (Å²) in [5.74, 6) is 2.08. The molecule has 0 aliphatic carbocycles. The monoisotopic (exact) mass is 630 g/mol. The molecule has 245 valence electrons. The Hall–Kier alpha value is -4.25. The third-order valence-corrected chi connectivity index (χ3v) is 8.26. The van der Waals surface area contributed by atoms with E-state index in [4.69, 9.17) is 9.47 Å². The number of likely N-dealkylation sites (tertiary alicyclic amines) is 1. The number of halogens is 1. The van der Waals surface area contributed by atoms with E-state index in [1.165, 1.54) is 30.9 Å². The van der Waals surface area contributed by atoms with Gasteiger partial charge in [0, 0.05) is 41.5 Å². The highest BCUT2D eigenvalue weighted by Gasteiger charge is 2.46. The number of amides is 1. The number of rotatable bonds is 11. The van der Waals surface area contributed by atoms with Crippen LogP contribution in [-0.2, 0) is 11.2 Å². The van der Waals surface area contributed by atoms with E-state index in [9.17, 15) is 9.18 Å². The fourth-order valence-corrected chi connectivity index (χ4v) is 6.29. The number of carbonyl (C=O) groups excluding carboxylic acids is 1. The number of nitrogens with one attached hydrogen (secondary N) is 3. The summed E-state index contributed by atoms with van der Waals surface area (Å²) >= 11 is 0. The summed E-state index contributed by atoms with van der Waals surface area (Å²) in [7, 11) is 1.61. The Morgan fingerprint density at radius 1 is 1.09 bits per heavy atom. The second-order valence-electron chi connectivity index (χ2n) is 13.9. The van der Waals surface area contributed by atoms with Crippen LogP contribution in [0.5, 0.6) is 11.5 Å². The molecule has 1 atom stereocenters. The molecule has 0 spiro atoms. The largest absolute Gasteiger partial charge is 0.493 e. The van der Waals surface area contributed by atoms with Crippen LogP contribution in [0, 0.1) is 28.6 Å². The van der Waals surface area contributed by atoms with Crippen LogP contribution in [0.2, 0.25) is 0 Å². The van der Waals surface area contributed by atoms with Crippen molar-refractivity contribution in [3.8, 4) is 11.5 Å². The van der Waals surface area contributed by atoms with Gasteiger partial charge in [0.25, 0.3) is 0 Å². The van der Waals surface area contributed by atoms with Gasteiger partial charge in [-0.2, -0.15) is 5.10 Å². The van der Waals surface area contributed by atoms with Crippen molar-refractivity contribution in [2.24, 2.45) is 16.7 Å². The fraction of sp³-hybridized carbons (Fsp3) is 0.457. The van der Waals surface area contributed by atoms with Crippen LogP contribution in [0.4, 0.5) is 21.7 Å². The number of carbonyl (C=O) groups is 1. The van der Waals surface area contributed by atoms with E-state index in [0.717, 1.165) is 24.9 Å². The number of aromatic amines is 1. The van der Waals surface area contributed by atoms with Crippen molar-refractivity contribution in [3.63, 3.8) is 0 Å². The molecular weight excluding hydrogens is 585 g/mol. The highest BCUT2D eigenvalue weighted by atomic mass is 19.1. The van der Waals surface area contributed by atoms with E-state index in [2.05, 4.69) is 77.2 Å².